The Morgan fingerprint density at radius 3 is 2.33 bits per heavy atom. The summed E-state index contributed by atoms with van der Waals surface area (Å²) in [6, 6.07) is 0. The molecule has 0 bridgehead atoms. The molecule has 3 saturated carbocycles. The SMILES string of the molecule is CC12CCC(O)CC1=CCC1C2CCC2(C)C1CC[C@@H]2CCC(F)(F)F.FC(F)F. The summed E-state index contributed by atoms with van der Waals surface area (Å²) in [7, 11) is 0. The Hall–Kier alpha value is -0.720. The van der Waals surface area contributed by atoms with Gasteiger partial charge in [0.05, 0.1) is 6.10 Å². The summed E-state index contributed by atoms with van der Waals surface area (Å²) in [4.78, 5) is 0. The predicted molar refractivity (Wildman–Crippen MR) is 104 cm³/mol. The van der Waals surface area contributed by atoms with Crippen molar-refractivity contribution in [2.75, 3.05) is 0 Å². The number of fused-ring (bicyclic) bond motifs is 5. The van der Waals surface area contributed by atoms with Gasteiger partial charge in [0.2, 0.25) is 0 Å². The van der Waals surface area contributed by atoms with E-state index in [1.807, 2.05) is 0 Å². The molecule has 0 heterocycles. The van der Waals surface area contributed by atoms with Crippen LogP contribution in [0.25, 0.3) is 0 Å². The van der Waals surface area contributed by atoms with Crippen molar-refractivity contribution < 1.29 is 31.4 Å². The number of allylic oxidation sites excluding steroid dienone is 1. The fraction of sp³-hybridized carbons (Fsp3) is 0.913. The van der Waals surface area contributed by atoms with Crippen LogP contribution >= 0.6 is 0 Å². The molecule has 0 radical (unpaired) electrons. The van der Waals surface area contributed by atoms with E-state index in [1.54, 1.807) is 0 Å². The van der Waals surface area contributed by atoms with Gasteiger partial charge in [-0.1, -0.05) is 25.5 Å². The molecule has 0 saturated heterocycles. The van der Waals surface area contributed by atoms with Gasteiger partial charge in [0.15, 0.2) is 0 Å². The lowest BCUT2D eigenvalue weighted by atomic mass is 9.47. The van der Waals surface area contributed by atoms with Crippen LogP contribution in [-0.4, -0.2) is 24.1 Å². The molecule has 174 valence electrons. The van der Waals surface area contributed by atoms with Gasteiger partial charge >= 0.3 is 12.9 Å². The van der Waals surface area contributed by atoms with Gasteiger partial charge in [-0.25, -0.2) is 0 Å². The smallest absolute Gasteiger partial charge is 0.389 e. The molecule has 3 fully saturated rings. The van der Waals surface area contributed by atoms with E-state index >= 15 is 0 Å². The molecule has 7 atom stereocenters. The van der Waals surface area contributed by atoms with Crippen LogP contribution in [0.3, 0.4) is 0 Å². The molecule has 0 aromatic heterocycles. The Morgan fingerprint density at radius 1 is 1.03 bits per heavy atom. The highest BCUT2D eigenvalue weighted by molar-refractivity contribution is 5.25. The number of aliphatic hydroxyl groups is 1. The molecule has 0 aromatic rings. The highest BCUT2D eigenvalue weighted by Crippen LogP contribution is 2.66. The molecule has 0 amide bonds. The Labute approximate surface area is 175 Å². The van der Waals surface area contributed by atoms with Gasteiger partial charge in [-0.3, -0.25) is 0 Å². The lowest BCUT2D eigenvalue weighted by molar-refractivity contribution is -0.141. The molecule has 0 aromatic carbocycles. The maximum atomic E-state index is 12.8. The number of alkyl halides is 6. The quantitative estimate of drug-likeness (QED) is 0.349. The van der Waals surface area contributed by atoms with Gasteiger partial charge in [-0.2, -0.15) is 26.3 Å². The molecule has 7 heteroatoms. The van der Waals surface area contributed by atoms with E-state index in [2.05, 4.69) is 19.9 Å². The highest BCUT2D eigenvalue weighted by atomic mass is 19.4. The zero-order valence-electron chi connectivity index (χ0n) is 17.8. The highest BCUT2D eigenvalue weighted by Gasteiger charge is 2.58. The summed E-state index contributed by atoms with van der Waals surface area (Å²) in [6.45, 7) is 1.04. The first-order valence-corrected chi connectivity index (χ1v) is 11.2. The van der Waals surface area contributed by atoms with Crippen molar-refractivity contribution in [2.45, 2.75) is 97.0 Å². The average molecular weight is 441 g/mol. The third-order valence-electron chi connectivity index (χ3n) is 9.05. The minimum atomic E-state index is -4.02. The monoisotopic (exact) mass is 440 g/mol. The van der Waals surface area contributed by atoms with Crippen LogP contribution in [0.4, 0.5) is 26.3 Å². The van der Waals surface area contributed by atoms with Crippen LogP contribution in [0.15, 0.2) is 11.6 Å². The first-order valence-electron chi connectivity index (χ1n) is 11.2. The number of halogens is 6. The zero-order valence-corrected chi connectivity index (χ0v) is 17.8. The number of aliphatic hydroxyl groups excluding tert-OH is 1. The Kier molecular flexibility index (Phi) is 6.91. The van der Waals surface area contributed by atoms with Crippen molar-refractivity contribution >= 4 is 0 Å². The molecule has 4 aliphatic carbocycles. The van der Waals surface area contributed by atoms with Crippen molar-refractivity contribution in [1.29, 1.82) is 0 Å². The van der Waals surface area contributed by atoms with E-state index in [0.717, 1.165) is 51.4 Å². The summed E-state index contributed by atoms with van der Waals surface area (Å²) in [6.07, 6.45) is 6.11. The molecule has 6 unspecified atom stereocenters. The average Bonchev–Trinajstić information content (AvgIpc) is 2.96. The zero-order chi connectivity index (χ0) is 22.3. The Morgan fingerprint density at radius 2 is 1.70 bits per heavy atom. The summed E-state index contributed by atoms with van der Waals surface area (Å²) in [5.74, 6) is 2.12. The van der Waals surface area contributed by atoms with Crippen molar-refractivity contribution in [3.05, 3.63) is 11.6 Å². The van der Waals surface area contributed by atoms with Crippen molar-refractivity contribution in [2.24, 2.45) is 34.5 Å². The van der Waals surface area contributed by atoms with Crippen LogP contribution in [0, 0.1) is 34.5 Å². The second-order valence-electron chi connectivity index (χ2n) is 10.4. The van der Waals surface area contributed by atoms with Gasteiger partial charge < -0.3 is 5.11 Å². The van der Waals surface area contributed by atoms with Crippen LogP contribution in [-0.2, 0) is 0 Å². The lowest BCUT2D eigenvalue weighted by Gasteiger charge is -2.58. The Balaban J connectivity index is 0.000000589. The van der Waals surface area contributed by atoms with E-state index in [9.17, 15) is 31.4 Å². The molecule has 30 heavy (non-hydrogen) atoms. The fourth-order valence-corrected chi connectivity index (χ4v) is 7.56. The molecule has 1 nitrogen and oxygen atoms in total. The van der Waals surface area contributed by atoms with Gasteiger partial charge in [-0.05, 0) is 92.3 Å². The number of rotatable bonds is 2. The van der Waals surface area contributed by atoms with Crippen molar-refractivity contribution in [3.63, 3.8) is 0 Å². The van der Waals surface area contributed by atoms with E-state index in [0.29, 0.717) is 24.2 Å². The molecule has 4 rings (SSSR count). The molecule has 4 aliphatic rings. The standard InChI is InChI=1S/C22H33F3O.CHF3/c1-20-11-9-19-17(5-3-15-13-16(26)8-10-21(15,19)2)18(20)6-4-14(20)7-12-22(23,24)25;2-1(3)4/h3,14,16-19,26H,4-13H2,1-2H3;1H/t14-,16?,17?,18?,19?,20?,21?;/m1./s1. The third kappa shape index (κ3) is 4.71. The van der Waals surface area contributed by atoms with Crippen molar-refractivity contribution in [3.8, 4) is 0 Å². The maximum absolute atomic E-state index is 12.8. The van der Waals surface area contributed by atoms with E-state index in [4.69, 9.17) is 0 Å². The maximum Gasteiger partial charge on any atom is 0.389 e. The Bertz CT molecular complexity index is 629. The second-order valence-corrected chi connectivity index (χ2v) is 10.4. The predicted octanol–water partition coefficient (Wildman–Crippen LogP) is 7.45. The van der Waals surface area contributed by atoms with Crippen LogP contribution < -0.4 is 0 Å². The first-order chi connectivity index (χ1) is 13.9. The summed E-state index contributed by atoms with van der Waals surface area (Å²) in [5.41, 5.74) is 1.78. The molecular weight excluding hydrogens is 406 g/mol. The molecule has 0 spiro atoms. The lowest BCUT2D eigenvalue weighted by Crippen LogP contribution is -2.50. The minimum absolute atomic E-state index is 0.0995. The fourth-order valence-electron chi connectivity index (χ4n) is 7.56. The van der Waals surface area contributed by atoms with E-state index in [-0.39, 0.29) is 22.9 Å². The van der Waals surface area contributed by atoms with Gasteiger partial charge in [0, 0.05) is 6.42 Å². The largest absolute Gasteiger partial charge is 0.393 e. The summed E-state index contributed by atoms with van der Waals surface area (Å²) in [5, 5.41) is 10.1. The van der Waals surface area contributed by atoms with Gasteiger partial charge in [0.25, 0.3) is 0 Å². The molecule has 0 aliphatic heterocycles. The topological polar surface area (TPSA) is 20.2 Å². The second kappa shape index (κ2) is 8.67. The van der Waals surface area contributed by atoms with Crippen LogP contribution in [0.2, 0.25) is 0 Å². The summed E-state index contributed by atoms with van der Waals surface area (Å²) < 4.78 is 67.3. The van der Waals surface area contributed by atoms with Gasteiger partial charge in [0.1, 0.15) is 0 Å². The molecular formula is C23H34F6O. The summed E-state index contributed by atoms with van der Waals surface area (Å²) >= 11 is 0. The normalized spacial score (nSPS) is 43.1. The third-order valence-corrected chi connectivity index (χ3v) is 9.05. The van der Waals surface area contributed by atoms with Gasteiger partial charge in [-0.15, -0.1) is 0 Å². The number of hydrogen-bond donors (Lipinski definition) is 1. The molecule has 1 N–H and O–H groups in total. The van der Waals surface area contributed by atoms with Crippen LogP contribution in [0.5, 0.6) is 0 Å². The minimum Gasteiger partial charge on any atom is -0.393 e. The van der Waals surface area contributed by atoms with E-state index in [1.165, 1.54) is 5.57 Å². The van der Waals surface area contributed by atoms with Crippen molar-refractivity contribution in [1.82, 2.24) is 0 Å². The van der Waals surface area contributed by atoms with E-state index < -0.39 is 19.3 Å². The van der Waals surface area contributed by atoms with Crippen LogP contribution in [0.1, 0.15) is 78.1 Å². The number of hydrogen-bond acceptors (Lipinski definition) is 1. The first kappa shape index (κ1) is 23.9.